The molecule has 0 aromatic rings. The van der Waals surface area contributed by atoms with Crippen LogP contribution in [-0.2, 0) is 4.43 Å². The van der Waals surface area contributed by atoms with E-state index in [1.165, 1.54) is 69.5 Å². The van der Waals surface area contributed by atoms with E-state index in [0.29, 0.717) is 17.9 Å². The van der Waals surface area contributed by atoms with Crippen LogP contribution in [0.3, 0.4) is 0 Å². The van der Waals surface area contributed by atoms with Crippen LogP contribution in [0.25, 0.3) is 0 Å². The van der Waals surface area contributed by atoms with E-state index in [0.717, 1.165) is 12.3 Å². The molecular formula is C20H38O2Si. The highest BCUT2D eigenvalue weighted by Gasteiger charge is 2.56. The highest BCUT2D eigenvalue weighted by atomic mass is 28.4. The van der Waals surface area contributed by atoms with Gasteiger partial charge in [0, 0.05) is 5.92 Å². The van der Waals surface area contributed by atoms with E-state index in [-0.39, 0.29) is 0 Å². The second kappa shape index (κ2) is 7.17. The molecule has 3 aliphatic carbocycles. The first kappa shape index (κ1) is 17.9. The van der Waals surface area contributed by atoms with E-state index >= 15 is 0 Å². The van der Waals surface area contributed by atoms with E-state index in [2.05, 4.69) is 20.8 Å². The fourth-order valence-corrected chi connectivity index (χ4v) is 9.17. The zero-order valence-electron chi connectivity index (χ0n) is 15.7. The van der Waals surface area contributed by atoms with Gasteiger partial charge in [0.1, 0.15) is 0 Å². The summed E-state index contributed by atoms with van der Waals surface area (Å²) in [5, 5.41) is 11.7. The molecule has 1 N–H and O–H groups in total. The van der Waals surface area contributed by atoms with E-state index < -0.39 is 13.9 Å². The molecule has 0 aromatic heterocycles. The van der Waals surface area contributed by atoms with Gasteiger partial charge in [0.2, 0.25) is 0 Å². The van der Waals surface area contributed by atoms with Gasteiger partial charge in [-0.2, -0.15) is 0 Å². The zero-order chi connectivity index (χ0) is 16.5. The lowest BCUT2D eigenvalue weighted by atomic mass is 9.54. The summed E-state index contributed by atoms with van der Waals surface area (Å²) in [4.78, 5) is 0. The van der Waals surface area contributed by atoms with Gasteiger partial charge in [-0.15, -0.1) is 0 Å². The third-order valence-electron chi connectivity index (χ3n) is 7.86. The zero-order valence-corrected chi connectivity index (χ0v) is 16.7. The number of aliphatic hydroxyl groups is 1. The minimum Gasteiger partial charge on any atom is -0.414 e. The standard InChI is InChI=1S/C20H38O2Si/c1-4-23(5-2,6-3)22-18-14-13-17-12-8-7-10-16-11-9-15-20(17,21)19(16)18/h16-19,21H,4-15H2,1-3H3/t16-,17+,18-,19-,20-/m0/s1. The van der Waals surface area contributed by atoms with Crippen molar-refractivity contribution in [2.24, 2.45) is 17.8 Å². The lowest BCUT2D eigenvalue weighted by Gasteiger charge is -2.57. The molecule has 134 valence electrons. The van der Waals surface area contributed by atoms with Crippen molar-refractivity contribution < 1.29 is 9.53 Å². The minimum absolute atomic E-state index is 0.353. The Hall–Kier alpha value is 0.137. The van der Waals surface area contributed by atoms with Crippen molar-refractivity contribution in [2.75, 3.05) is 0 Å². The molecule has 3 aliphatic rings. The van der Waals surface area contributed by atoms with E-state index in [9.17, 15) is 5.11 Å². The smallest absolute Gasteiger partial charge is 0.192 e. The summed E-state index contributed by atoms with van der Waals surface area (Å²) in [6, 6.07) is 3.70. The molecular weight excluding hydrogens is 300 g/mol. The van der Waals surface area contributed by atoms with Crippen molar-refractivity contribution in [3.8, 4) is 0 Å². The van der Waals surface area contributed by atoms with Crippen molar-refractivity contribution in [3.05, 3.63) is 0 Å². The molecule has 3 heteroatoms. The van der Waals surface area contributed by atoms with Gasteiger partial charge in [-0.25, -0.2) is 0 Å². The molecule has 0 heterocycles. The normalized spacial score (nSPS) is 41.2. The van der Waals surface area contributed by atoms with Gasteiger partial charge >= 0.3 is 0 Å². The van der Waals surface area contributed by atoms with E-state index in [1.54, 1.807) is 0 Å². The molecule has 2 nitrogen and oxygen atoms in total. The molecule has 3 fully saturated rings. The van der Waals surface area contributed by atoms with Crippen molar-refractivity contribution >= 4 is 8.32 Å². The number of rotatable bonds is 5. The Morgan fingerprint density at radius 2 is 1.57 bits per heavy atom. The van der Waals surface area contributed by atoms with Gasteiger partial charge in [0.05, 0.1) is 11.7 Å². The molecule has 23 heavy (non-hydrogen) atoms. The summed E-state index contributed by atoms with van der Waals surface area (Å²) in [6.45, 7) is 7.00. The molecule has 0 radical (unpaired) electrons. The van der Waals surface area contributed by atoms with Crippen molar-refractivity contribution in [3.63, 3.8) is 0 Å². The van der Waals surface area contributed by atoms with Gasteiger partial charge in [0.15, 0.2) is 8.32 Å². The van der Waals surface area contributed by atoms with Gasteiger partial charge in [-0.3, -0.25) is 0 Å². The Balaban J connectivity index is 1.87. The topological polar surface area (TPSA) is 29.5 Å². The Kier molecular flexibility index (Phi) is 5.59. The molecule has 3 rings (SSSR count). The van der Waals surface area contributed by atoms with Gasteiger partial charge < -0.3 is 9.53 Å². The van der Waals surface area contributed by atoms with Crippen LogP contribution in [0, 0.1) is 17.8 Å². The summed E-state index contributed by atoms with van der Waals surface area (Å²) in [5.74, 6) is 1.71. The molecule has 0 spiro atoms. The average molecular weight is 339 g/mol. The van der Waals surface area contributed by atoms with Crippen LogP contribution in [0.4, 0.5) is 0 Å². The predicted octanol–water partition coefficient (Wildman–Crippen LogP) is 5.51. The Bertz CT molecular complexity index is 387. The molecule has 5 atom stereocenters. The quantitative estimate of drug-likeness (QED) is 0.670. The van der Waals surface area contributed by atoms with Gasteiger partial charge in [0.25, 0.3) is 0 Å². The second-order valence-corrected chi connectivity index (χ2v) is 13.4. The summed E-state index contributed by atoms with van der Waals surface area (Å²) >= 11 is 0. The van der Waals surface area contributed by atoms with Crippen LogP contribution >= 0.6 is 0 Å². The maximum Gasteiger partial charge on any atom is 0.192 e. The highest BCUT2D eigenvalue weighted by Crippen LogP contribution is 2.55. The van der Waals surface area contributed by atoms with E-state index in [4.69, 9.17) is 4.43 Å². The minimum atomic E-state index is -1.58. The maximum absolute atomic E-state index is 11.7. The van der Waals surface area contributed by atoms with E-state index in [1.807, 2.05) is 0 Å². The number of hydrogen-bond acceptors (Lipinski definition) is 2. The van der Waals surface area contributed by atoms with Crippen LogP contribution in [0.1, 0.15) is 78.6 Å². The molecule has 0 amide bonds. The second-order valence-electron chi connectivity index (χ2n) is 8.63. The van der Waals surface area contributed by atoms with Crippen molar-refractivity contribution in [2.45, 2.75) is 108 Å². The van der Waals surface area contributed by atoms with Gasteiger partial charge in [-0.05, 0) is 68.5 Å². The summed E-state index contributed by atoms with van der Waals surface area (Å²) in [7, 11) is -1.58. The molecule has 0 aliphatic heterocycles. The summed E-state index contributed by atoms with van der Waals surface area (Å²) in [5.41, 5.74) is -0.401. The van der Waals surface area contributed by atoms with Crippen LogP contribution in [0.2, 0.25) is 18.1 Å². The molecule has 4 bridgehead atoms. The Labute approximate surface area is 144 Å². The third kappa shape index (κ3) is 3.18. The Morgan fingerprint density at radius 3 is 2.26 bits per heavy atom. The summed E-state index contributed by atoms with van der Waals surface area (Å²) in [6.07, 6.45) is 11.7. The molecule has 0 unspecified atom stereocenters. The lowest BCUT2D eigenvalue weighted by Crippen LogP contribution is -2.61. The maximum atomic E-state index is 11.7. The third-order valence-corrected chi connectivity index (χ3v) is 12.5. The highest BCUT2D eigenvalue weighted by molar-refractivity contribution is 6.73. The lowest BCUT2D eigenvalue weighted by molar-refractivity contribution is -0.183. The molecule has 0 aromatic carbocycles. The fourth-order valence-electron chi connectivity index (χ4n) is 6.27. The van der Waals surface area contributed by atoms with Crippen LogP contribution in [0.5, 0.6) is 0 Å². The SMILES string of the molecule is CC[Si](CC)(CC)O[C@H]1CC[C@H]2CCCC[C@H]3CCC[C@@]2(O)[C@@H]31. The largest absolute Gasteiger partial charge is 0.414 e. The van der Waals surface area contributed by atoms with Crippen molar-refractivity contribution in [1.29, 1.82) is 0 Å². The monoisotopic (exact) mass is 338 g/mol. The number of hydrogen-bond donors (Lipinski definition) is 1. The van der Waals surface area contributed by atoms with Crippen LogP contribution in [0.15, 0.2) is 0 Å². The van der Waals surface area contributed by atoms with Crippen molar-refractivity contribution in [1.82, 2.24) is 0 Å². The predicted molar refractivity (Wildman–Crippen MR) is 99.0 cm³/mol. The average Bonchev–Trinajstić information content (AvgIpc) is 2.58. The Morgan fingerprint density at radius 1 is 0.913 bits per heavy atom. The molecule has 0 saturated heterocycles. The first-order valence-electron chi connectivity index (χ1n) is 10.5. The first-order valence-corrected chi connectivity index (χ1v) is 13.0. The molecule has 3 saturated carbocycles. The van der Waals surface area contributed by atoms with Gasteiger partial charge in [-0.1, -0.05) is 40.0 Å². The van der Waals surface area contributed by atoms with Crippen LogP contribution < -0.4 is 0 Å². The summed E-state index contributed by atoms with van der Waals surface area (Å²) < 4.78 is 6.99. The fraction of sp³-hybridized carbons (Fsp3) is 1.00. The van der Waals surface area contributed by atoms with Crippen LogP contribution in [-0.4, -0.2) is 25.1 Å². The first-order chi connectivity index (χ1) is 11.1.